The Hall–Kier alpha value is -4.43. The normalized spacial score (nSPS) is 12.6. The van der Waals surface area contributed by atoms with Crippen molar-refractivity contribution in [3.63, 3.8) is 0 Å². The number of hydrogen-bond donors (Lipinski definition) is 1. The Morgan fingerprint density at radius 3 is 1.79 bits per heavy atom. The van der Waals surface area contributed by atoms with Crippen LogP contribution in [0.15, 0.2) is 126 Å². The average molecular weight is 584 g/mol. The Kier molecular flexibility index (Phi) is 10.5. The summed E-state index contributed by atoms with van der Waals surface area (Å²) >= 11 is 0. The van der Waals surface area contributed by atoms with Gasteiger partial charge in [-0.2, -0.15) is 0 Å². The molecular weight excluding hydrogens is 546 g/mol. The van der Waals surface area contributed by atoms with E-state index in [4.69, 9.17) is 0 Å². The molecule has 0 saturated carbocycles. The summed E-state index contributed by atoms with van der Waals surface area (Å²) in [6.45, 7) is 3.57. The van der Waals surface area contributed by atoms with Crippen molar-refractivity contribution in [2.75, 3.05) is 10.8 Å². The summed E-state index contributed by atoms with van der Waals surface area (Å²) in [4.78, 5) is 29.7. The van der Waals surface area contributed by atoms with Crippen LogP contribution in [0.1, 0.15) is 31.4 Å². The van der Waals surface area contributed by atoms with Crippen LogP contribution >= 0.6 is 0 Å². The Morgan fingerprint density at radius 2 is 1.24 bits per heavy atom. The molecule has 0 bridgehead atoms. The van der Waals surface area contributed by atoms with E-state index in [0.29, 0.717) is 5.69 Å². The molecular formula is C34H37N3O4S. The maximum atomic E-state index is 14.3. The van der Waals surface area contributed by atoms with Gasteiger partial charge in [0.2, 0.25) is 11.8 Å². The van der Waals surface area contributed by atoms with Crippen LogP contribution < -0.4 is 9.62 Å². The van der Waals surface area contributed by atoms with Crippen molar-refractivity contribution in [2.24, 2.45) is 0 Å². The minimum Gasteiger partial charge on any atom is -0.352 e. The standard InChI is InChI=1S/C34H37N3O4S/c1-3-27(2)35-34(39)32(24-28-16-8-4-9-17-28)36(25-29-18-10-5-11-19-29)33(38)26-37(30-20-12-6-13-21-30)42(40,41)31-22-14-7-15-23-31/h4-23,27,32H,3,24-26H2,1-2H3,(H,35,39). The van der Waals surface area contributed by atoms with Crippen molar-refractivity contribution in [3.8, 4) is 0 Å². The second-order valence-electron chi connectivity index (χ2n) is 10.2. The number of amides is 2. The van der Waals surface area contributed by atoms with Crippen molar-refractivity contribution in [2.45, 2.75) is 50.2 Å². The molecule has 4 aromatic carbocycles. The quantitative estimate of drug-likeness (QED) is 0.227. The number of hydrogen-bond acceptors (Lipinski definition) is 4. The summed E-state index contributed by atoms with van der Waals surface area (Å²) < 4.78 is 28.9. The van der Waals surface area contributed by atoms with Crippen LogP contribution in [0, 0.1) is 0 Å². The third kappa shape index (κ3) is 7.85. The summed E-state index contributed by atoms with van der Waals surface area (Å²) in [6.07, 6.45) is 1.01. The van der Waals surface area contributed by atoms with Gasteiger partial charge in [-0.3, -0.25) is 13.9 Å². The van der Waals surface area contributed by atoms with Gasteiger partial charge in [-0.25, -0.2) is 8.42 Å². The monoisotopic (exact) mass is 583 g/mol. The SMILES string of the molecule is CCC(C)NC(=O)C(Cc1ccccc1)N(Cc1ccccc1)C(=O)CN(c1ccccc1)S(=O)(=O)c1ccccc1. The molecule has 4 aromatic rings. The molecule has 2 atom stereocenters. The lowest BCUT2D eigenvalue weighted by Gasteiger charge is -2.34. The molecule has 0 aliphatic carbocycles. The smallest absolute Gasteiger partial charge is 0.264 e. The van der Waals surface area contributed by atoms with Crippen LogP contribution in [0.25, 0.3) is 0 Å². The van der Waals surface area contributed by atoms with Crippen molar-refractivity contribution in [1.82, 2.24) is 10.2 Å². The number of carbonyl (C=O) groups excluding carboxylic acids is 2. The highest BCUT2D eigenvalue weighted by Gasteiger charge is 2.34. The van der Waals surface area contributed by atoms with E-state index in [-0.39, 0.29) is 29.8 Å². The average Bonchev–Trinajstić information content (AvgIpc) is 3.03. The molecule has 2 unspecified atom stereocenters. The van der Waals surface area contributed by atoms with E-state index in [2.05, 4.69) is 5.32 Å². The molecule has 0 radical (unpaired) electrons. The highest BCUT2D eigenvalue weighted by Crippen LogP contribution is 2.25. The molecule has 4 rings (SSSR count). The van der Waals surface area contributed by atoms with Crippen molar-refractivity contribution < 1.29 is 18.0 Å². The Morgan fingerprint density at radius 1 is 0.738 bits per heavy atom. The van der Waals surface area contributed by atoms with Crippen LogP contribution in [0.5, 0.6) is 0 Å². The molecule has 218 valence electrons. The first-order chi connectivity index (χ1) is 20.3. The van der Waals surface area contributed by atoms with Crippen LogP contribution in [0.4, 0.5) is 5.69 Å². The van der Waals surface area contributed by atoms with Crippen molar-refractivity contribution in [3.05, 3.63) is 132 Å². The van der Waals surface area contributed by atoms with Crippen LogP contribution in [0.3, 0.4) is 0 Å². The lowest BCUT2D eigenvalue weighted by molar-refractivity contribution is -0.140. The minimum absolute atomic E-state index is 0.0756. The third-order valence-electron chi connectivity index (χ3n) is 7.12. The van der Waals surface area contributed by atoms with E-state index in [1.807, 2.05) is 74.5 Å². The van der Waals surface area contributed by atoms with E-state index in [1.54, 1.807) is 48.5 Å². The van der Waals surface area contributed by atoms with Gasteiger partial charge in [-0.15, -0.1) is 0 Å². The first-order valence-electron chi connectivity index (χ1n) is 14.1. The zero-order chi connectivity index (χ0) is 30.0. The number of rotatable bonds is 13. The second-order valence-corrected chi connectivity index (χ2v) is 12.1. The number of benzene rings is 4. The summed E-state index contributed by atoms with van der Waals surface area (Å²) in [5.74, 6) is -0.767. The highest BCUT2D eigenvalue weighted by molar-refractivity contribution is 7.92. The Labute approximate surface area is 248 Å². The van der Waals surface area contributed by atoms with Crippen LogP contribution in [0.2, 0.25) is 0 Å². The molecule has 1 N–H and O–H groups in total. The summed E-state index contributed by atoms with van der Waals surface area (Å²) in [6, 6.07) is 34.6. The van der Waals surface area contributed by atoms with E-state index >= 15 is 0 Å². The van der Waals surface area contributed by atoms with Gasteiger partial charge in [-0.05, 0) is 48.7 Å². The predicted molar refractivity (Wildman–Crippen MR) is 166 cm³/mol. The molecule has 7 nitrogen and oxygen atoms in total. The first-order valence-corrected chi connectivity index (χ1v) is 15.5. The molecule has 42 heavy (non-hydrogen) atoms. The number of para-hydroxylation sites is 1. The van der Waals surface area contributed by atoms with Crippen molar-refractivity contribution in [1.29, 1.82) is 0 Å². The second kappa shape index (κ2) is 14.5. The highest BCUT2D eigenvalue weighted by atomic mass is 32.2. The van der Waals surface area contributed by atoms with Gasteiger partial charge in [0.1, 0.15) is 12.6 Å². The van der Waals surface area contributed by atoms with Gasteiger partial charge < -0.3 is 10.2 Å². The largest absolute Gasteiger partial charge is 0.352 e. The number of anilines is 1. The molecule has 2 amide bonds. The van der Waals surface area contributed by atoms with Crippen molar-refractivity contribution >= 4 is 27.5 Å². The Bertz CT molecular complexity index is 1530. The summed E-state index contributed by atoms with van der Waals surface area (Å²) in [7, 11) is -4.10. The lowest BCUT2D eigenvalue weighted by atomic mass is 10.0. The minimum atomic E-state index is -4.10. The zero-order valence-electron chi connectivity index (χ0n) is 24.0. The number of sulfonamides is 1. The van der Waals surface area contributed by atoms with Gasteiger partial charge in [0.25, 0.3) is 10.0 Å². The predicted octanol–water partition coefficient (Wildman–Crippen LogP) is 5.44. The van der Waals surface area contributed by atoms with Crippen LogP contribution in [-0.2, 0) is 32.6 Å². The van der Waals surface area contributed by atoms with E-state index in [9.17, 15) is 18.0 Å². The van der Waals surface area contributed by atoms with Gasteiger partial charge in [-0.1, -0.05) is 104 Å². The molecule has 0 fully saturated rings. The lowest BCUT2D eigenvalue weighted by Crippen LogP contribution is -2.54. The van der Waals surface area contributed by atoms with Gasteiger partial charge in [0.05, 0.1) is 10.6 Å². The molecule has 0 saturated heterocycles. The molecule has 0 aliphatic rings. The molecule has 0 aromatic heterocycles. The van der Waals surface area contributed by atoms with Gasteiger partial charge in [0.15, 0.2) is 0 Å². The number of nitrogens with one attached hydrogen (secondary N) is 1. The van der Waals surface area contributed by atoms with E-state index in [1.165, 1.54) is 17.0 Å². The van der Waals surface area contributed by atoms with E-state index < -0.39 is 28.5 Å². The maximum absolute atomic E-state index is 14.3. The molecule has 0 spiro atoms. The van der Waals surface area contributed by atoms with Gasteiger partial charge in [0, 0.05) is 19.0 Å². The topological polar surface area (TPSA) is 86.8 Å². The van der Waals surface area contributed by atoms with Gasteiger partial charge >= 0.3 is 0 Å². The van der Waals surface area contributed by atoms with Crippen LogP contribution in [-0.4, -0.2) is 43.8 Å². The maximum Gasteiger partial charge on any atom is 0.264 e. The summed E-state index contributed by atoms with van der Waals surface area (Å²) in [5.41, 5.74) is 2.08. The number of nitrogens with zero attached hydrogens (tertiary/aromatic N) is 2. The molecule has 8 heteroatoms. The Balaban J connectivity index is 1.77. The zero-order valence-corrected chi connectivity index (χ0v) is 24.8. The number of carbonyl (C=O) groups is 2. The fourth-order valence-electron chi connectivity index (χ4n) is 4.62. The van der Waals surface area contributed by atoms with E-state index in [0.717, 1.165) is 21.9 Å². The molecule has 0 aliphatic heterocycles. The first kappa shape index (κ1) is 30.5. The fourth-order valence-corrected chi connectivity index (χ4v) is 6.05. The third-order valence-corrected chi connectivity index (χ3v) is 8.91. The summed E-state index contributed by atoms with van der Waals surface area (Å²) in [5, 5.41) is 3.05. The molecule has 0 heterocycles. The fraction of sp³-hybridized carbons (Fsp3) is 0.235.